The molecule has 0 amide bonds. The number of ether oxygens (including phenoxy) is 2. The van der Waals surface area contributed by atoms with E-state index in [9.17, 15) is 5.11 Å². The Bertz CT molecular complexity index is 342. The largest absolute Gasteiger partial charge is 0.457 e. The highest BCUT2D eigenvalue weighted by Gasteiger charge is 2.17. The average Bonchev–Trinajstić information content (AvgIpc) is 2.17. The van der Waals surface area contributed by atoms with E-state index in [4.69, 9.17) is 9.47 Å². The summed E-state index contributed by atoms with van der Waals surface area (Å²) in [6.07, 6.45) is 0.466. The highest BCUT2D eigenvalue weighted by molar-refractivity contribution is 5.42. The van der Waals surface area contributed by atoms with Gasteiger partial charge in [-0.2, -0.15) is 0 Å². The van der Waals surface area contributed by atoms with Crippen molar-refractivity contribution in [3.8, 4) is 11.5 Å². The Morgan fingerprint density at radius 2 is 1.92 bits per heavy atom. The molecule has 0 aromatic heterocycles. The summed E-state index contributed by atoms with van der Waals surface area (Å²) in [6, 6.07) is 7.24. The molecule has 0 saturated heterocycles. The third-order valence-electron chi connectivity index (χ3n) is 1.78. The molecule has 0 spiro atoms. The quantitative estimate of drug-likeness (QED) is 0.659. The summed E-state index contributed by atoms with van der Waals surface area (Å²) in [5.41, 5.74) is 0. The van der Waals surface area contributed by atoms with Crippen LogP contribution in [0, 0.1) is 0 Å². The SMILES string of the molecule is CC([O])C1=COc2ccccc2O1. The van der Waals surface area contributed by atoms with Crippen molar-refractivity contribution in [1.82, 2.24) is 0 Å². The predicted molar refractivity (Wildman–Crippen MR) is 45.9 cm³/mol. The minimum Gasteiger partial charge on any atom is -0.457 e. The van der Waals surface area contributed by atoms with Crippen LogP contribution in [0.3, 0.4) is 0 Å². The fraction of sp³-hybridized carbons (Fsp3) is 0.200. The lowest BCUT2D eigenvalue weighted by molar-refractivity contribution is 0.0922. The molecule has 2 rings (SSSR count). The topological polar surface area (TPSA) is 38.4 Å². The van der Waals surface area contributed by atoms with Crippen LogP contribution in [-0.2, 0) is 5.11 Å². The van der Waals surface area contributed by atoms with Crippen LogP contribution in [-0.4, -0.2) is 6.10 Å². The number of fused-ring (bicyclic) bond motifs is 1. The molecule has 3 heteroatoms. The fourth-order valence-corrected chi connectivity index (χ4v) is 1.08. The molecule has 0 N–H and O–H groups in total. The van der Waals surface area contributed by atoms with Gasteiger partial charge in [0.2, 0.25) is 0 Å². The van der Waals surface area contributed by atoms with Crippen LogP contribution >= 0.6 is 0 Å². The van der Waals surface area contributed by atoms with Crippen molar-refractivity contribution in [1.29, 1.82) is 0 Å². The monoisotopic (exact) mass is 177 g/mol. The van der Waals surface area contributed by atoms with Gasteiger partial charge in [0.15, 0.2) is 23.4 Å². The van der Waals surface area contributed by atoms with E-state index in [1.54, 1.807) is 12.1 Å². The van der Waals surface area contributed by atoms with Gasteiger partial charge in [0.25, 0.3) is 0 Å². The van der Waals surface area contributed by atoms with E-state index in [1.165, 1.54) is 13.2 Å². The first-order valence-corrected chi connectivity index (χ1v) is 4.07. The van der Waals surface area contributed by atoms with Crippen molar-refractivity contribution >= 4 is 0 Å². The zero-order valence-electron chi connectivity index (χ0n) is 7.19. The van der Waals surface area contributed by atoms with Crippen molar-refractivity contribution in [2.45, 2.75) is 13.0 Å². The number of benzene rings is 1. The third kappa shape index (κ3) is 1.51. The van der Waals surface area contributed by atoms with E-state index in [1.807, 2.05) is 12.1 Å². The van der Waals surface area contributed by atoms with E-state index in [2.05, 4.69) is 0 Å². The standard InChI is InChI=1S/C10H9O3/c1-7(11)10-6-12-8-4-2-3-5-9(8)13-10/h2-7H,1H3. The maximum absolute atomic E-state index is 11.0. The second-order valence-electron chi connectivity index (χ2n) is 2.83. The maximum Gasteiger partial charge on any atom is 0.171 e. The van der Waals surface area contributed by atoms with Crippen LogP contribution in [0.15, 0.2) is 36.3 Å². The summed E-state index contributed by atoms with van der Waals surface area (Å²) in [7, 11) is 0. The summed E-state index contributed by atoms with van der Waals surface area (Å²) in [5, 5.41) is 11.0. The first-order valence-electron chi connectivity index (χ1n) is 4.07. The Labute approximate surface area is 76.2 Å². The lowest BCUT2D eigenvalue weighted by Crippen LogP contribution is -2.14. The molecule has 1 aliphatic heterocycles. The number of rotatable bonds is 1. The van der Waals surface area contributed by atoms with E-state index < -0.39 is 6.10 Å². The Morgan fingerprint density at radius 1 is 1.23 bits per heavy atom. The number of para-hydroxylation sites is 2. The minimum absolute atomic E-state index is 0.318. The van der Waals surface area contributed by atoms with Gasteiger partial charge in [0, 0.05) is 0 Å². The van der Waals surface area contributed by atoms with Crippen molar-refractivity contribution in [3.63, 3.8) is 0 Å². The molecule has 1 atom stereocenters. The van der Waals surface area contributed by atoms with Crippen molar-refractivity contribution in [2.24, 2.45) is 0 Å². The summed E-state index contributed by atoms with van der Waals surface area (Å²) >= 11 is 0. The molecular formula is C10H9O3. The summed E-state index contributed by atoms with van der Waals surface area (Å²) < 4.78 is 10.5. The van der Waals surface area contributed by atoms with Gasteiger partial charge < -0.3 is 9.47 Å². The summed E-state index contributed by atoms with van der Waals surface area (Å²) in [5.74, 6) is 1.56. The zero-order chi connectivity index (χ0) is 9.26. The van der Waals surface area contributed by atoms with Gasteiger partial charge in [-0.1, -0.05) is 12.1 Å². The van der Waals surface area contributed by atoms with Crippen LogP contribution in [0.5, 0.6) is 11.5 Å². The molecule has 1 aromatic carbocycles. The average molecular weight is 177 g/mol. The number of hydrogen-bond acceptors (Lipinski definition) is 2. The van der Waals surface area contributed by atoms with Gasteiger partial charge in [0.05, 0.1) is 0 Å². The summed E-state index contributed by atoms with van der Waals surface area (Å²) in [4.78, 5) is 0. The molecule has 1 aromatic rings. The van der Waals surface area contributed by atoms with Crippen LogP contribution in [0.25, 0.3) is 0 Å². The van der Waals surface area contributed by atoms with E-state index in [-0.39, 0.29) is 0 Å². The Kier molecular flexibility index (Phi) is 1.94. The first kappa shape index (κ1) is 8.13. The first-order chi connectivity index (χ1) is 6.27. The van der Waals surface area contributed by atoms with E-state index >= 15 is 0 Å². The molecule has 0 aliphatic carbocycles. The number of hydrogen-bond donors (Lipinski definition) is 0. The molecular weight excluding hydrogens is 168 g/mol. The molecule has 1 unspecified atom stereocenters. The second kappa shape index (κ2) is 3.11. The van der Waals surface area contributed by atoms with E-state index in [0.717, 1.165) is 0 Å². The van der Waals surface area contributed by atoms with E-state index in [0.29, 0.717) is 17.3 Å². The zero-order valence-corrected chi connectivity index (χ0v) is 7.19. The van der Waals surface area contributed by atoms with Crippen LogP contribution in [0.4, 0.5) is 0 Å². The van der Waals surface area contributed by atoms with Crippen molar-refractivity contribution < 1.29 is 14.6 Å². The Hall–Kier alpha value is -1.48. The third-order valence-corrected chi connectivity index (χ3v) is 1.78. The highest BCUT2D eigenvalue weighted by Crippen LogP contribution is 2.32. The minimum atomic E-state index is -0.895. The Balaban J connectivity index is 2.28. The van der Waals surface area contributed by atoms with Crippen LogP contribution in [0.1, 0.15) is 6.92 Å². The fourth-order valence-electron chi connectivity index (χ4n) is 1.08. The second-order valence-corrected chi connectivity index (χ2v) is 2.83. The molecule has 1 radical (unpaired) electrons. The van der Waals surface area contributed by atoms with Gasteiger partial charge in [-0.25, -0.2) is 5.11 Å². The Morgan fingerprint density at radius 3 is 2.62 bits per heavy atom. The maximum atomic E-state index is 11.0. The van der Waals surface area contributed by atoms with Gasteiger partial charge in [-0.05, 0) is 19.1 Å². The van der Waals surface area contributed by atoms with Crippen molar-refractivity contribution in [2.75, 3.05) is 0 Å². The van der Waals surface area contributed by atoms with Crippen molar-refractivity contribution in [3.05, 3.63) is 36.3 Å². The normalized spacial score (nSPS) is 16.3. The lowest BCUT2D eigenvalue weighted by atomic mass is 10.3. The molecule has 13 heavy (non-hydrogen) atoms. The molecule has 0 saturated carbocycles. The van der Waals surface area contributed by atoms with Crippen LogP contribution in [0.2, 0.25) is 0 Å². The molecule has 3 nitrogen and oxygen atoms in total. The molecule has 1 heterocycles. The van der Waals surface area contributed by atoms with Gasteiger partial charge in [0.1, 0.15) is 6.26 Å². The van der Waals surface area contributed by atoms with Gasteiger partial charge >= 0.3 is 0 Å². The van der Waals surface area contributed by atoms with Gasteiger partial charge in [-0.3, -0.25) is 0 Å². The lowest BCUT2D eigenvalue weighted by Gasteiger charge is -2.18. The van der Waals surface area contributed by atoms with Crippen LogP contribution < -0.4 is 9.47 Å². The smallest absolute Gasteiger partial charge is 0.171 e. The molecule has 0 bridgehead atoms. The van der Waals surface area contributed by atoms with Gasteiger partial charge in [-0.15, -0.1) is 0 Å². The predicted octanol–water partition coefficient (Wildman–Crippen LogP) is 2.12. The molecule has 67 valence electrons. The molecule has 1 aliphatic rings. The summed E-state index contributed by atoms with van der Waals surface area (Å²) in [6.45, 7) is 1.52. The molecule has 0 fully saturated rings. The highest BCUT2D eigenvalue weighted by atomic mass is 16.6.